The van der Waals surface area contributed by atoms with Crippen molar-refractivity contribution in [3.8, 4) is 0 Å². The van der Waals surface area contributed by atoms with Gasteiger partial charge in [-0.25, -0.2) is 8.78 Å². The molecule has 0 aliphatic heterocycles. The van der Waals surface area contributed by atoms with Crippen LogP contribution in [-0.2, 0) is 0 Å². The lowest BCUT2D eigenvalue weighted by Gasteiger charge is -2.26. The summed E-state index contributed by atoms with van der Waals surface area (Å²) in [6.45, 7) is 19.3. The minimum absolute atomic E-state index is 0.0985. The van der Waals surface area contributed by atoms with Crippen molar-refractivity contribution in [2.24, 2.45) is 17.1 Å². The number of rotatable bonds is 19. The number of likely N-dealkylation sites (N-methyl/N-ethyl adjacent to an activating group) is 1. The molecule has 210 valence electrons. The second kappa shape index (κ2) is 17.8. The number of halogens is 2. The maximum atomic E-state index is 13.2. The number of unbranched alkanes of at least 4 members (excludes halogenated alkanes) is 1. The lowest BCUT2D eigenvalue weighted by Crippen LogP contribution is -2.30. The first-order chi connectivity index (χ1) is 17.3. The van der Waals surface area contributed by atoms with Crippen LogP contribution in [0.25, 0.3) is 0 Å². The Balaban J connectivity index is 5.31. The van der Waals surface area contributed by atoms with Crippen LogP contribution in [0.3, 0.4) is 0 Å². The number of nitrogens with zero attached hydrogens (tertiary/aromatic N) is 1. The second-order valence-corrected chi connectivity index (χ2v) is 10.5. The fourth-order valence-electron chi connectivity index (χ4n) is 3.66. The van der Waals surface area contributed by atoms with E-state index < -0.39 is 5.92 Å². The van der Waals surface area contributed by atoms with Crippen LogP contribution < -0.4 is 16.4 Å². The lowest BCUT2D eigenvalue weighted by atomic mass is 9.89. The zero-order chi connectivity index (χ0) is 28.5. The standard InChI is InChI=1S/C31H52F2N4/c1-10-14-27(28(18-21-34)15-12-13-19-31(7,32)33)17-16-25(3)26(4)36-29(23-35-8)24-37(9)22-20-30(5,6)11-2/h10-11,14-16,18,21,23,27,35-36H,2,4,12-13,17,19-20,22,24,34H2,1,3,5-9H3/b14-10?,21-18-,25-16+,28-15+,29-23+. The molecule has 0 rings (SSSR count). The Labute approximate surface area is 225 Å². The molecule has 4 nitrogen and oxygen atoms in total. The normalized spacial score (nSPS) is 15.0. The summed E-state index contributed by atoms with van der Waals surface area (Å²) in [5, 5.41) is 6.58. The van der Waals surface area contributed by atoms with Crippen molar-refractivity contribution in [3.63, 3.8) is 0 Å². The molecule has 0 aliphatic rings. The van der Waals surface area contributed by atoms with E-state index in [2.05, 4.69) is 61.7 Å². The molecule has 0 fully saturated rings. The van der Waals surface area contributed by atoms with Gasteiger partial charge in [0.2, 0.25) is 5.92 Å². The van der Waals surface area contributed by atoms with Crippen LogP contribution in [0.2, 0.25) is 0 Å². The first-order valence-electron chi connectivity index (χ1n) is 13.2. The lowest BCUT2D eigenvalue weighted by molar-refractivity contribution is 0.0112. The Hall–Kier alpha value is -2.60. The number of nitrogens with two attached hydrogens (primary N) is 1. The highest BCUT2D eigenvalue weighted by Gasteiger charge is 2.19. The van der Waals surface area contributed by atoms with E-state index in [1.807, 2.05) is 51.4 Å². The summed E-state index contributed by atoms with van der Waals surface area (Å²) < 4.78 is 26.3. The van der Waals surface area contributed by atoms with Gasteiger partial charge in [-0.2, -0.15) is 0 Å². The molecule has 0 saturated carbocycles. The fourth-order valence-corrected chi connectivity index (χ4v) is 3.66. The number of hydrogen-bond donors (Lipinski definition) is 3. The monoisotopic (exact) mass is 518 g/mol. The number of nitrogens with one attached hydrogen (secondary N) is 2. The first kappa shape index (κ1) is 34.4. The Morgan fingerprint density at radius 2 is 1.84 bits per heavy atom. The highest BCUT2D eigenvalue weighted by atomic mass is 19.3. The van der Waals surface area contributed by atoms with Crippen LogP contribution >= 0.6 is 0 Å². The predicted molar refractivity (Wildman–Crippen MR) is 158 cm³/mol. The minimum atomic E-state index is -2.63. The van der Waals surface area contributed by atoms with Crippen LogP contribution in [0.4, 0.5) is 8.78 Å². The Morgan fingerprint density at radius 1 is 1.16 bits per heavy atom. The van der Waals surface area contributed by atoms with E-state index in [1.165, 1.54) is 6.20 Å². The predicted octanol–water partition coefficient (Wildman–Crippen LogP) is 7.44. The van der Waals surface area contributed by atoms with Gasteiger partial charge in [0.05, 0.1) is 0 Å². The molecule has 0 bridgehead atoms. The maximum Gasteiger partial charge on any atom is 0.245 e. The van der Waals surface area contributed by atoms with Gasteiger partial charge in [0.25, 0.3) is 0 Å². The molecule has 0 aromatic heterocycles. The van der Waals surface area contributed by atoms with Gasteiger partial charge in [-0.15, -0.1) is 6.58 Å². The van der Waals surface area contributed by atoms with E-state index in [9.17, 15) is 8.78 Å². The van der Waals surface area contributed by atoms with Gasteiger partial charge in [-0.1, -0.05) is 50.8 Å². The quantitative estimate of drug-likeness (QED) is 0.0945. The topological polar surface area (TPSA) is 53.3 Å². The molecule has 0 aromatic rings. The van der Waals surface area contributed by atoms with E-state index in [-0.39, 0.29) is 17.8 Å². The molecular weight excluding hydrogens is 466 g/mol. The maximum absolute atomic E-state index is 13.2. The van der Waals surface area contributed by atoms with Crippen molar-refractivity contribution < 1.29 is 8.78 Å². The summed E-state index contributed by atoms with van der Waals surface area (Å²) >= 11 is 0. The first-order valence-corrected chi connectivity index (χ1v) is 13.2. The van der Waals surface area contributed by atoms with E-state index in [1.54, 1.807) is 0 Å². The van der Waals surface area contributed by atoms with E-state index in [4.69, 9.17) is 5.73 Å². The summed E-state index contributed by atoms with van der Waals surface area (Å²) in [6, 6.07) is 0. The van der Waals surface area contributed by atoms with E-state index in [0.29, 0.717) is 12.8 Å². The highest BCUT2D eigenvalue weighted by molar-refractivity contribution is 5.31. The van der Waals surface area contributed by atoms with E-state index >= 15 is 0 Å². The minimum Gasteiger partial charge on any atom is -0.405 e. The molecule has 0 aliphatic carbocycles. The molecule has 37 heavy (non-hydrogen) atoms. The van der Waals surface area contributed by atoms with Crippen LogP contribution in [0.1, 0.15) is 66.7 Å². The van der Waals surface area contributed by atoms with Crippen LogP contribution in [-0.4, -0.2) is 38.0 Å². The van der Waals surface area contributed by atoms with E-state index in [0.717, 1.165) is 55.4 Å². The summed E-state index contributed by atoms with van der Waals surface area (Å²) in [5.74, 6) is -2.54. The van der Waals surface area contributed by atoms with Gasteiger partial charge < -0.3 is 21.3 Å². The summed E-state index contributed by atoms with van der Waals surface area (Å²) in [5.41, 5.74) is 9.75. The zero-order valence-electron chi connectivity index (χ0n) is 24.3. The van der Waals surface area contributed by atoms with Crippen LogP contribution in [0, 0.1) is 11.3 Å². The van der Waals surface area contributed by atoms with Gasteiger partial charge in [-0.3, -0.25) is 0 Å². The highest BCUT2D eigenvalue weighted by Crippen LogP contribution is 2.25. The van der Waals surface area contributed by atoms with Gasteiger partial charge >= 0.3 is 0 Å². The van der Waals surface area contributed by atoms with Crippen LogP contribution in [0.5, 0.6) is 0 Å². The van der Waals surface area contributed by atoms with Gasteiger partial charge in [-0.05, 0) is 88.9 Å². The third-order valence-corrected chi connectivity index (χ3v) is 6.26. The molecule has 0 aromatic carbocycles. The smallest absolute Gasteiger partial charge is 0.245 e. The summed E-state index contributed by atoms with van der Waals surface area (Å²) in [4.78, 5) is 2.28. The van der Waals surface area contributed by atoms with Crippen molar-refractivity contribution in [2.45, 2.75) is 72.6 Å². The van der Waals surface area contributed by atoms with Crippen molar-refractivity contribution >= 4 is 0 Å². The van der Waals surface area contributed by atoms with Gasteiger partial charge in [0.15, 0.2) is 0 Å². The third kappa shape index (κ3) is 16.7. The summed E-state index contributed by atoms with van der Waals surface area (Å²) in [6.07, 6.45) is 18.3. The number of alkyl halides is 2. The SMILES string of the molecule is C=CC(C)(C)CCN(C)C/C(=C\NC)NC(=C)/C(C)=C/CC(C=CC)C(/C=C\N)=C/CCCC(C)(F)F. The average molecular weight is 519 g/mol. The molecule has 0 saturated heterocycles. The van der Waals surface area contributed by atoms with Gasteiger partial charge in [0, 0.05) is 43.5 Å². The van der Waals surface area contributed by atoms with Crippen molar-refractivity contribution in [1.29, 1.82) is 0 Å². The van der Waals surface area contributed by atoms with Gasteiger partial charge in [0.1, 0.15) is 0 Å². The largest absolute Gasteiger partial charge is 0.405 e. The molecule has 0 spiro atoms. The second-order valence-electron chi connectivity index (χ2n) is 10.5. The summed E-state index contributed by atoms with van der Waals surface area (Å²) in [7, 11) is 3.99. The van der Waals surface area contributed by atoms with Crippen molar-refractivity contribution in [2.75, 3.05) is 27.2 Å². The van der Waals surface area contributed by atoms with Crippen LogP contribution in [0.15, 0.2) is 84.6 Å². The molecule has 0 heterocycles. The fraction of sp³-hybridized carbons (Fsp3) is 0.548. The molecule has 6 heteroatoms. The molecule has 4 N–H and O–H groups in total. The third-order valence-electron chi connectivity index (χ3n) is 6.26. The Kier molecular flexibility index (Phi) is 16.5. The Bertz CT molecular complexity index is 842. The Morgan fingerprint density at radius 3 is 2.38 bits per heavy atom. The molecule has 0 amide bonds. The zero-order valence-corrected chi connectivity index (χ0v) is 24.3. The molecular formula is C31H52F2N4. The molecule has 0 radical (unpaired) electrons. The average Bonchev–Trinajstić information content (AvgIpc) is 2.81. The molecule has 1 unspecified atom stereocenters. The molecule has 1 atom stereocenters. The van der Waals surface area contributed by atoms with Crippen molar-refractivity contribution in [3.05, 3.63) is 84.6 Å². The number of allylic oxidation sites excluding steroid dienone is 8. The number of hydrogen-bond acceptors (Lipinski definition) is 4. The van der Waals surface area contributed by atoms with Crippen molar-refractivity contribution in [1.82, 2.24) is 15.5 Å².